The molecule has 3 amide bonds. The van der Waals surface area contributed by atoms with Crippen LogP contribution in [0.1, 0.15) is 59.5 Å². The molecule has 0 spiro atoms. The van der Waals surface area contributed by atoms with Crippen molar-refractivity contribution in [2.45, 2.75) is 76.0 Å². The van der Waals surface area contributed by atoms with Crippen LogP contribution >= 0.6 is 15.9 Å². The number of hydrogen-bond donors (Lipinski definition) is 3. The second-order valence-electron chi connectivity index (χ2n) is 13.7. The van der Waals surface area contributed by atoms with Gasteiger partial charge in [-0.25, -0.2) is 9.78 Å². The van der Waals surface area contributed by atoms with Crippen molar-refractivity contribution in [3.05, 3.63) is 136 Å². The molecule has 56 heavy (non-hydrogen) atoms. The van der Waals surface area contributed by atoms with Crippen molar-refractivity contribution in [1.29, 1.82) is 0 Å². The summed E-state index contributed by atoms with van der Waals surface area (Å²) in [5.41, 5.74) is 9.41. The minimum atomic E-state index is -1.12. The number of nitrogens with zero attached hydrogens (tertiary/aromatic N) is 2. The number of ether oxygens (including phenoxy) is 2. The first kappa shape index (κ1) is 40.3. The molecule has 0 saturated carbocycles. The van der Waals surface area contributed by atoms with Crippen LogP contribution in [0.4, 0.5) is 4.79 Å². The fourth-order valence-corrected chi connectivity index (χ4v) is 7.01. The molecule has 1 saturated heterocycles. The molecule has 2 heterocycles. The number of para-hydroxylation sites is 2. The quantitative estimate of drug-likeness (QED) is 0.0661. The van der Waals surface area contributed by atoms with Crippen LogP contribution in [0, 0.1) is 0 Å². The van der Waals surface area contributed by atoms with Gasteiger partial charge in [0.25, 0.3) is 5.89 Å². The van der Waals surface area contributed by atoms with Gasteiger partial charge in [-0.05, 0) is 86.0 Å². The van der Waals surface area contributed by atoms with Crippen molar-refractivity contribution in [3.63, 3.8) is 0 Å². The summed E-state index contributed by atoms with van der Waals surface area (Å²) in [5.74, 6) is -1.63. The second kappa shape index (κ2) is 20.0. The summed E-state index contributed by atoms with van der Waals surface area (Å²) in [6, 6.07) is 30.4. The van der Waals surface area contributed by atoms with E-state index in [2.05, 4.69) is 31.5 Å². The number of aromatic nitrogens is 1. The molecular weight excluding hydrogens is 778 g/mol. The number of nitrogens with two attached hydrogens (primary N) is 1. The van der Waals surface area contributed by atoms with E-state index in [-0.39, 0.29) is 38.5 Å². The third-order valence-corrected chi connectivity index (χ3v) is 10.3. The fraction of sp³-hybridized carbons (Fsp3) is 0.326. The zero-order valence-corrected chi connectivity index (χ0v) is 32.6. The molecule has 4 N–H and O–H groups in total. The predicted octanol–water partition coefficient (Wildman–Crippen LogP) is 6.50. The van der Waals surface area contributed by atoms with Gasteiger partial charge < -0.3 is 35.2 Å². The van der Waals surface area contributed by atoms with E-state index in [4.69, 9.17) is 19.6 Å². The Bertz CT molecular complexity index is 2030. The maximum Gasteiger partial charge on any atom is 0.408 e. The number of carbonyl (C=O) groups excluding carboxylic acids is 4. The third-order valence-electron chi connectivity index (χ3n) is 9.72. The Kier molecular flexibility index (Phi) is 14.4. The number of ketones is 1. The number of Topliss-reactive ketones (excluding diaryl/α,β-unsaturated/α-hetero) is 1. The Morgan fingerprint density at radius 3 is 2.20 bits per heavy atom. The highest BCUT2D eigenvalue weighted by molar-refractivity contribution is 9.10. The molecule has 1 aliphatic rings. The Morgan fingerprint density at radius 2 is 1.48 bits per heavy atom. The van der Waals surface area contributed by atoms with E-state index in [1.165, 1.54) is 4.90 Å². The van der Waals surface area contributed by atoms with E-state index in [1.807, 2.05) is 84.9 Å². The summed E-state index contributed by atoms with van der Waals surface area (Å²) < 4.78 is 18.6. The van der Waals surface area contributed by atoms with Crippen molar-refractivity contribution in [2.75, 3.05) is 13.1 Å². The number of oxazole rings is 1. The smallest absolute Gasteiger partial charge is 0.408 e. The molecule has 292 valence electrons. The van der Waals surface area contributed by atoms with Gasteiger partial charge in [0, 0.05) is 11.0 Å². The molecule has 1 aliphatic heterocycles. The molecule has 12 nitrogen and oxygen atoms in total. The van der Waals surface area contributed by atoms with E-state index in [1.54, 1.807) is 24.3 Å². The highest BCUT2D eigenvalue weighted by atomic mass is 79.9. The Hall–Kier alpha value is -5.37. The molecule has 4 aromatic carbocycles. The number of carbonyl (C=O) groups is 4. The van der Waals surface area contributed by atoms with E-state index < -0.39 is 47.9 Å². The van der Waals surface area contributed by atoms with Gasteiger partial charge in [0.1, 0.15) is 24.2 Å². The van der Waals surface area contributed by atoms with E-state index in [0.717, 1.165) is 21.2 Å². The number of aryl methyl sites for hydroxylation is 1. The van der Waals surface area contributed by atoms with Gasteiger partial charge in [-0.1, -0.05) is 101 Å². The van der Waals surface area contributed by atoms with Gasteiger partial charge in [0.15, 0.2) is 5.58 Å². The lowest BCUT2D eigenvalue weighted by atomic mass is 10.0. The van der Waals surface area contributed by atoms with E-state index in [0.29, 0.717) is 43.3 Å². The predicted molar refractivity (Wildman–Crippen MR) is 214 cm³/mol. The maximum absolute atomic E-state index is 14.6. The summed E-state index contributed by atoms with van der Waals surface area (Å²) >= 11 is 3.46. The molecular formula is C43H46BrN5O7. The lowest BCUT2D eigenvalue weighted by Gasteiger charge is -2.31. The summed E-state index contributed by atoms with van der Waals surface area (Å²) in [5, 5.41) is 5.72. The number of hydrogen-bond acceptors (Lipinski definition) is 9. The van der Waals surface area contributed by atoms with E-state index >= 15 is 0 Å². The molecule has 6 rings (SSSR count). The van der Waals surface area contributed by atoms with Gasteiger partial charge in [-0.15, -0.1) is 0 Å². The van der Waals surface area contributed by atoms with Crippen LogP contribution in [0.2, 0.25) is 0 Å². The maximum atomic E-state index is 14.6. The number of nitrogens with one attached hydrogen (secondary N) is 2. The standard InChI is InChI=1S/C43H46BrN5O7/c44-32-21-18-31(19-22-32)27-54-37-24-26-49(38(37)40(51)46-34(16-9-10-25-45)39(50)41-47-33-15-7-8-17-36(33)56-41)42(52)35(23-20-29-11-3-1-4-12-29)48-43(53)55-28-30-13-5-2-6-14-30/h1-8,11-15,17-19,21-22,34-35,37-38H,9-10,16,20,23-28,45H2,(H,46,51)(H,48,53)/t34-,35+,37-,38-/m0/s1. The first-order chi connectivity index (χ1) is 27.3. The van der Waals surface area contributed by atoms with Crippen LogP contribution < -0.4 is 16.4 Å². The minimum absolute atomic E-state index is 0.0205. The minimum Gasteiger partial charge on any atom is -0.445 e. The highest BCUT2D eigenvalue weighted by Gasteiger charge is 2.45. The van der Waals surface area contributed by atoms with Crippen molar-refractivity contribution >= 4 is 50.7 Å². The monoisotopic (exact) mass is 823 g/mol. The fourth-order valence-electron chi connectivity index (χ4n) is 6.75. The van der Waals surface area contributed by atoms with Crippen molar-refractivity contribution in [2.24, 2.45) is 5.73 Å². The zero-order valence-electron chi connectivity index (χ0n) is 31.0. The number of likely N-dealkylation sites (tertiary alicyclic amines) is 1. The number of unbranched alkanes of at least 4 members (excludes halogenated alkanes) is 1. The molecule has 0 unspecified atom stereocenters. The summed E-state index contributed by atoms with van der Waals surface area (Å²) in [6.07, 6.45) is 1.07. The summed E-state index contributed by atoms with van der Waals surface area (Å²) in [7, 11) is 0. The Morgan fingerprint density at radius 1 is 0.804 bits per heavy atom. The molecule has 0 radical (unpaired) electrons. The van der Waals surface area contributed by atoms with Gasteiger partial charge in [0.05, 0.1) is 18.8 Å². The molecule has 4 atom stereocenters. The number of amides is 3. The van der Waals surface area contributed by atoms with Crippen LogP contribution in [-0.4, -0.2) is 70.9 Å². The average molecular weight is 825 g/mol. The normalized spacial score (nSPS) is 16.3. The highest BCUT2D eigenvalue weighted by Crippen LogP contribution is 2.26. The van der Waals surface area contributed by atoms with Crippen LogP contribution in [-0.2, 0) is 38.7 Å². The Balaban J connectivity index is 1.25. The third kappa shape index (κ3) is 10.9. The van der Waals surface area contributed by atoms with Crippen molar-refractivity contribution in [3.8, 4) is 0 Å². The van der Waals surface area contributed by atoms with Crippen LogP contribution in [0.25, 0.3) is 11.1 Å². The van der Waals surface area contributed by atoms with E-state index in [9.17, 15) is 19.2 Å². The van der Waals surface area contributed by atoms with Crippen LogP contribution in [0.5, 0.6) is 0 Å². The van der Waals surface area contributed by atoms with Gasteiger partial charge >= 0.3 is 6.09 Å². The molecule has 1 fully saturated rings. The largest absolute Gasteiger partial charge is 0.445 e. The molecule has 1 aromatic heterocycles. The first-order valence-electron chi connectivity index (χ1n) is 18.9. The summed E-state index contributed by atoms with van der Waals surface area (Å²) in [4.78, 5) is 62.1. The first-order valence-corrected chi connectivity index (χ1v) is 19.7. The average Bonchev–Trinajstić information content (AvgIpc) is 3.86. The van der Waals surface area contributed by atoms with Gasteiger partial charge in [-0.3, -0.25) is 14.4 Å². The number of alkyl carbamates (subject to hydrolysis) is 1. The summed E-state index contributed by atoms with van der Waals surface area (Å²) in [6.45, 7) is 0.806. The number of fused-ring (bicyclic) bond motifs is 1. The molecule has 5 aromatic rings. The lowest BCUT2D eigenvalue weighted by Crippen LogP contribution is -2.58. The number of benzene rings is 4. The van der Waals surface area contributed by atoms with Crippen molar-refractivity contribution < 1.29 is 33.1 Å². The van der Waals surface area contributed by atoms with Gasteiger partial charge in [0.2, 0.25) is 17.6 Å². The van der Waals surface area contributed by atoms with Gasteiger partial charge in [-0.2, -0.15) is 0 Å². The topological polar surface area (TPSA) is 166 Å². The SMILES string of the molecule is NCCCC[C@H](NC(=O)[C@@H]1[C@@H](OCc2ccc(Br)cc2)CCN1C(=O)[C@@H](CCc1ccccc1)NC(=O)OCc1ccccc1)C(=O)c1nc2ccccc2o1. The number of rotatable bonds is 18. The number of halogens is 1. The van der Waals surface area contributed by atoms with Crippen LogP contribution in [0.15, 0.2) is 118 Å². The van der Waals surface area contributed by atoms with Crippen molar-refractivity contribution in [1.82, 2.24) is 20.5 Å². The Labute approximate surface area is 334 Å². The lowest BCUT2D eigenvalue weighted by molar-refractivity contribution is -0.143. The molecule has 0 bridgehead atoms. The van der Waals surface area contributed by atoms with Crippen LogP contribution in [0.3, 0.4) is 0 Å². The second-order valence-corrected chi connectivity index (χ2v) is 14.6. The zero-order chi connectivity index (χ0) is 39.3. The molecule has 13 heteroatoms. The molecule has 0 aliphatic carbocycles.